The molecule has 0 radical (unpaired) electrons. The van der Waals surface area contributed by atoms with Gasteiger partial charge in [-0.2, -0.15) is 4.31 Å². The molecule has 1 aliphatic rings. The van der Waals surface area contributed by atoms with E-state index in [9.17, 15) is 18.0 Å². The normalized spacial score (nSPS) is 14.9. The van der Waals surface area contributed by atoms with Crippen LogP contribution in [0, 0.1) is 6.92 Å². The minimum atomic E-state index is -3.67. The second-order valence-corrected chi connectivity index (χ2v) is 10.6. The summed E-state index contributed by atoms with van der Waals surface area (Å²) >= 11 is 0. The topological polar surface area (TPSA) is 95.6 Å². The Balaban J connectivity index is 1.55. The maximum atomic E-state index is 13.1. The molecule has 0 unspecified atom stereocenters. The highest BCUT2D eigenvalue weighted by molar-refractivity contribution is 7.89. The van der Waals surface area contributed by atoms with Gasteiger partial charge in [0, 0.05) is 18.7 Å². The molecule has 2 N–H and O–H groups in total. The van der Waals surface area contributed by atoms with Crippen LogP contribution in [0.3, 0.4) is 0 Å². The van der Waals surface area contributed by atoms with Crippen LogP contribution in [-0.2, 0) is 10.0 Å². The zero-order valence-corrected chi connectivity index (χ0v) is 20.6. The van der Waals surface area contributed by atoms with Crippen molar-refractivity contribution in [1.29, 1.82) is 0 Å². The molecule has 1 saturated heterocycles. The van der Waals surface area contributed by atoms with Gasteiger partial charge >= 0.3 is 0 Å². The van der Waals surface area contributed by atoms with Gasteiger partial charge in [-0.25, -0.2) is 8.42 Å². The smallest absolute Gasteiger partial charge is 0.255 e. The van der Waals surface area contributed by atoms with E-state index in [2.05, 4.69) is 10.6 Å². The van der Waals surface area contributed by atoms with Crippen LogP contribution in [0.4, 0.5) is 5.69 Å². The Hall–Kier alpha value is -3.49. The molecule has 7 nitrogen and oxygen atoms in total. The summed E-state index contributed by atoms with van der Waals surface area (Å²) in [6.45, 7) is 4.59. The number of aryl methyl sites for hydroxylation is 1. The first-order valence-electron chi connectivity index (χ1n) is 11.6. The van der Waals surface area contributed by atoms with Crippen LogP contribution in [0.15, 0.2) is 77.7 Å². The van der Waals surface area contributed by atoms with Crippen LogP contribution in [0.5, 0.6) is 0 Å². The van der Waals surface area contributed by atoms with Gasteiger partial charge in [0.2, 0.25) is 10.0 Å². The Bertz CT molecular complexity index is 1330. The lowest BCUT2D eigenvalue weighted by atomic mass is 10.1. The van der Waals surface area contributed by atoms with Crippen molar-refractivity contribution in [3.8, 4) is 0 Å². The fourth-order valence-electron chi connectivity index (χ4n) is 4.17. The van der Waals surface area contributed by atoms with Crippen molar-refractivity contribution in [2.24, 2.45) is 0 Å². The average molecular weight is 492 g/mol. The summed E-state index contributed by atoms with van der Waals surface area (Å²) in [4.78, 5) is 26.2. The number of hydrogen-bond donors (Lipinski definition) is 2. The van der Waals surface area contributed by atoms with Gasteiger partial charge in [-0.3, -0.25) is 9.59 Å². The largest absolute Gasteiger partial charge is 0.345 e. The third-order valence-corrected chi connectivity index (χ3v) is 8.24. The summed E-state index contributed by atoms with van der Waals surface area (Å²) in [6, 6.07) is 20.8. The molecule has 182 valence electrons. The maximum absolute atomic E-state index is 13.1. The van der Waals surface area contributed by atoms with Crippen LogP contribution in [0.1, 0.15) is 57.7 Å². The monoisotopic (exact) mass is 491 g/mol. The number of nitrogens with one attached hydrogen (secondary N) is 2. The van der Waals surface area contributed by atoms with Crippen LogP contribution < -0.4 is 10.6 Å². The third-order valence-electron chi connectivity index (χ3n) is 6.20. The fourth-order valence-corrected chi connectivity index (χ4v) is 5.94. The lowest BCUT2D eigenvalue weighted by molar-refractivity contribution is 0.0940. The highest BCUT2D eigenvalue weighted by atomic mass is 32.2. The average Bonchev–Trinajstić information content (AvgIpc) is 3.41. The summed E-state index contributed by atoms with van der Waals surface area (Å²) < 4.78 is 27.6. The standard InChI is InChI=1S/C27H29N3O4S/c1-19-14-15-22(18-25(19)35(33,34)30-16-8-9-17-30)26(31)29-24-13-7-6-12-23(24)27(32)28-20(2)21-10-4-3-5-11-21/h3-7,10-15,18,20H,8-9,16-17H2,1-2H3,(H,28,32)(H,29,31)/t20-/m0/s1. The quantitative estimate of drug-likeness (QED) is 0.508. The molecule has 0 aromatic heterocycles. The number of para-hydroxylation sites is 1. The first kappa shape index (κ1) is 24.6. The first-order chi connectivity index (χ1) is 16.8. The number of nitrogens with zero attached hydrogens (tertiary/aromatic N) is 1. The van der Waals surface area contributed by atoms with Gasteiger partial charge in [0.1, 0.15) is 0 Å². The fraction of sp³-hybridized carbons (Fsp3) is 0.259. The Morgan fingerprint density at radius 3 is 2.26 bits per heavy atom. The number of rotatable bonds is 7. The number of carbonyl (C=O) groups is 2. The van der Waals surface area contributed by atoms with Crippen molar-refractivity contribution in [3.05, 3.63) is 95.1 Å². The summed E-state index contributed by atoms with van der Waals surface area (Å²) in [5.41, 5.74) is 2.43. The van der Waals surface area contributed by atoms with Gasteiger partial charge in [-0.1, -0.05) is 48.5 Å². The maximum Gasteiger partial charge on any atom is 0.255 e. The molecular weight excluding hydrogens is 462 g/mol. The highest BCUT2D eigenvalue weighted by Gasteiger charge is 2.29. The minimum Gasteiger partial charge on any atom is -0.345 e. The van der Waals surface area contributed by atoms with Crippen molar-refractivity contribution in [2.75, 3.05) is 18.4 Å². The molecule has 3 aromatic carbocycles. The predicted octanol–water partition coefficient (Wildman–Crippen LogP) is 4.52. The molecule has 1 atom stereocenters. The Kier molecular flexibility index (Phi) is 7.33. The molecule has 0 saturated carbocycles. The Labute approximate surface area is 206 Å². The molecule has 1 aliphatic heterocycles. The van der Waals surface area contributed by atoms with Gasteiger partial charge < -0.3 is 10.6 Å². The molecule has 4 rings (SSSR count). The lowest BCUT2D eigenvalue weighted by Gasteiger charge is -2.18. The third kappa shape index (κ3) is 5.44. The SMILES string of the molecule is Cc1ccc(C(=O)Nc2ccccc2C(=O)N[C@@H](C)c2ccccc2)cc1S(=O)(=O)N1CCCC1. The van der Waals surface area contributed by atoms with Gasteiger partial charge in [0.25, 0.3) is 11.8 Å². The molecule has 1 heterocycles. The molecule has 8 heteroatoms. The Morgan fingerprint density at radius 1 is 0.886 bits per heavy atom. The summed E-state index contributed by atoms with van der Waals surface area (Å²) in [7, 11) is -3.67. The number of benzene rings is 3. The second-order valence-electron chi connectivity index (χ2n) is 8.70. The Morgan fingerprint density at radius 2 is 1.54 bits per heavy atom. The summed E-state index contributed by atoms with van der Waals surface area (Å²) in [6.07, 6.45) is 1.67. The van der Waals surface area contributed by atoms with E-state index in [1.807, 2.05) is 37.3 Å². The number of sulfonamides is 1. The van der Waals surface area contributed by atoms with E-state index in [1.54, 1.807) is 43.3 Å². The van der Waals surface area contributed by atoms with E-state index < -0.39 is 15.9 Å². The summed E-state index contributed by atoms with van der Waals surface area (Å²) in [5, 5.41) is 5.74. The van der Waals surface area contributed by atoms with Gasteiger partial charge in [-0.15, -0.1) is 0 Å². The van der Waals surface area contributed by atoms with Crippen LogP contribution in [0.25, 0.3) is 0 Å². The highest BCUT2D eigenvalue weighted by Crippen LogP contribution is 2.25. The predicted molar refractivity (Wildman–Crippen MR) is 136 cm³/mol. The van der Waals surface area contributed by atoms with Gasteiger partial charge in [-0.05, 0) is 62.1 Å². The second kappa shape index (κ2) is 10.4. The minimum absolute atomic E-state index is 0.134. The van der Waals surface area contributed by atoms with Crippen LogP contribution in [0.2, 0.25) is 0 Å². The van der Waals surface area contributed by atoms with E-state index in [-0.39, 0.29) is 22.4 Å². The number of hydrogen-bond acceptors (Lipinski definition) is 4. The number of anilines is 1. The lowest BCUT2D eigenvalue weighted by Crippen LogP contribution is -2.29. The van der Waals surface area contributed by atoms with Crippen LogP contribution in [-0.4, -0.2) is 37.6 Å². The van der Waals surface area contributed by atoms with Gasteiger partial charge in [0.15, 0.2) is 0 Å². The zero-order chi connectivity index (χ0) is 25.0. The molecular formula is C27H29N3O4S. The van der Waals surface area contributed by atoms with Crippen molar-refractivity contribution in [1.82, 2.24) is 9.62 Å². The number of amides is 2. The van der Waals surface area contributed by atoms with E-state index in [0.717, 1.165) is 18.4 Å². The summed E-state index contributed by atoms with van der Waals surface area (Å²) in [5.74, 6) is -0.808. The molecule has 0 aliphatic carbocycles. The van der Waals surface area contributed by atoms with Crippen LogP contribution >= 0.6 is 0 Å². The van der Waals surface area contributed by atoms with Crippen molar-refractivity contribution >= 4 is 27.5 Å². The molecule has 0 bridgehead atoms. The zero-order valence-electron chi connectivity index (χ0n) is 19.8. The van der Waals surface area contributed by atoms with E-state index in [4.69, 9.17) is 0 Å². The molecule has 0 spiro atoms. The van der Waals surface area contributed by atoms with Crippen molar-refractivity contribution in [2.45, 2.75) is 37.6 Å². The molecule has 3 aromatic rings. The van der Waals surface area contributed by atoms with E-state index >= 15 is 0 Å². The van der Waals surface area contributed by atoms with Crippen molar-refractivity contribution < 1.29 is 18.0 Å². The molecule has 35 heavy (non-hydrogen) atoms. The van der Waals surface area contributed by atoms with E-state index in [1.165, 1.54) is 10.4 Å². The number of carbonyl (C=O) groups excluding carboxylic acids is 2. The van der Waals surface area contributed by atoms with Crippen molar-refractivity contribution in [3.63, 3.8) is 0 Å². The first-order valence-corrected chi connectivity index (χ1v) is 13.1. The molecule has 2 amide bonds. The van der Waals surface area contributed by atoms with Gasteiger partial charge in [0.05, 0.1) is 22.2 Å². The molecule has 1 fully saturated rings. The van der Waals surface area contributed by atoms with E-state index in [0.29, 0.717) is 29.9 Å².